The lowest BCUT2D eigenvalue weighted by Gasteiger charge is -2.31. The van der Waals surface area contributed by atoms with Gasteiger partial charge in [0.1, 0.15) is 17.5 Å². The minimum Gasteiger partial charge on any atom is -0.481 e. The quantitative estimate of drug-likeness (QED) is 0.813. The molecule has 1 saturated heterocycles. The summed E-state index contributed by atoms with van der Waals surface area (Å²) in [4.78, 5) is 24.2. The number of aryl methyl sites for hydroxylation is 1. The molecule has 1 fully saturated rings. The topological polar surface area (TPSA) is 81.6 Å². The van der Waals surface area contributed by atoms with Crippen LogP contribution in [0.4, 0.5) is 11.6 Å². The minimum atomic E-state index is -0.690. The molecule has 122 valence electrons. The Kier molecular flexibility index (Phi) is 5.54. The Bertz CT molecular complexity index is 513. The lowest BCUT2D eigenvalue weighted by Crippen LogP contribution is -2.37. The van der Waals surface area contributed by atoms with Gasteiger partial charge >= 0.3 is 5.97 Å². The maximum absolute atomic E-state index is 11.0. The van der Waals surface area contributed by atoms with E-state index in [0.717, 1.165) is 43.6 Å². The van der Waals surface area contributed by atoms with Crippen LogP contribution < -0.4 is 10.2 Å². The Morgan fingerprint density at radius 3 is 2.68 bits per heavy atom. The predicted octanol–water partition coefficient (Wildman–Crippen LogP) is 1.06. The average molecular weight is 307 g/mol. The second-order valence-corrected chi connectivity index (χ2v) is 5.99. The number of nitrogens with zero attached hydrogens (tertiary/aromatic N) is 4. The third kappa shape index (κ3) is 4.56. The zero-order chi connectivity index (χ0) is 16.1. The second-order valence-electron chi connectivity index (χ2n) is 5.99. The van der Waals surface area contributed by atoms with Crippen LogP contribution in [0.1, 0.15) is 18.7 Å². The molecule has 0 radical (unpaired) electrons. The van der Waals surface area contributed by atoms with Crippen LogP contribution in [-0.4, -0.2) is 66.2 Å². The van der Waals surface area contributed by atoms with Gasteiger partial charge in [0.15, 0.2) is 0 Å². The van der Waals surface area contributed by atoms with Gasteiger partial charge in [-0.05, 0) is 33.9 Å². The number of hydrogen-bond acceptors (Lipinski definition) is 6. The van der Waals surface area contributed by atoms with Crippen LogP contribution in [0.15, 0.2) is 6.07 Å². The molecule has 22 heavy (non-hydrogen) atoms. The third-order valence-electron chi connectivity index (χ3n) is 3.86. The Labute approximate surface area is 131 Å². The number of anilines is 2. The summed E-state index contributed by atoms with van der Waals surface area (Å²) in [5.41, 5.74) is 0. The summed E-state index contributed by atoms with van der Waals surface area (Å²) in [7, 11) is 4.07. The van der Waals surface area contributed by atoms with Crippen molar-refractivity contribution in [3.63, 3.8) is 0 Å². The van der Waals surface area contributed by atoms with Gasteiger partial charge in [0.2, 0.25) is 0 Å². The van der Waals surface area contributed by atoms with E-state index in [1.165, 1.54) is 0 Å². The Balaban J connectivity index is 1.99. The maximum atomic E-state index is 11.0. The van der Waals surface area contributed by atoms with Crippen LogP contribution in [0, 0.1) is 12.8 Å². The molecule has 0 unspecified atom stereocenters. The summed E-state index contributed by atoms with van der Waals surface area (Å²) in [6, 6.07) is 1.95. The fraction of sp³-hybridized carbons (Fsp3) is 0.667. The van der Waals surface area contributed by atoms with Gasteiger partial charge in [0.25, 0.3) is 0 Å². The largest absolute Gasteiger partial charge is 0.481 e. The number of aliphatic carboxylic acids is 1. The molecule has 0 bridgehead atoms. The van der Waals surface area contributed by atoms with Crippen molar-refractivity contribution in [2.24, 2.45) is 5.92 Å². The summed E-state index contributed by atoms with van der Waals surface area (Å²) in [5.74, 6) is 1.51. The molecule has 1 aromatic heterocycles. The molecule has 0 atom stereocenters. The smallest absolute Gasteiger partial charge is 0.306 e. The minimum absolute atomic E-state index is 0.225. The lowest BCUT2D eigenvalue weighted by molar-refractivity contribution is -0.142. The molecular formula is C15H25N5O2. The summed E-state index contributed by atoms with van der Waals surface area (Å²) < 4.78 is 0. The Morgan fingerprint density at radius 2 is 2.09 bits per heavy atom. The molecule has 0 saturated carbocycles. The summed E-state index contributed by atoms with van der Waals surface area (Å²) in [6.45, 7) is 5.09. The van der Waals surface area contributed by atoms with Crippen molar-refractivity contribution < 1.29 is 9.90 Å². The molecule has 0 amide bonds. The monoisotopic (exact) mass is 307 g/mol. The van der Waals surface area contributed by atoms with Gasteiger partial charge in [0, 0.05) is 32.2 Å². The van der Waals surface area contributed by atoms with E-state index in [1.54, 1.807) is 0 Å². The number of carbonyl (C=O) groups is 1. The first-order chi connectivity index (χ1) is 10.5. The first-order valence-corrected chi connectivity index (χ1v) is 7.67. The predicted molar refractivity (Wildman–Crippen MR) is 86.4 cm³/mol. The number of carboxylic acids is 1. The van der Waals surface area contributed by atoms with Crippen LogP contribution in [0.3, 0.4) is 0 Å². The molecular weight excluding hydrogens is 282 g/mol. The van der Waals surface area contributed by atoms with Crippen molar-refractivity contribution in [2.75, 3.05) is 50.5 Å². The molecule has 2 heterocycles. The molecule has 2 rings (SSSR count). The van der Waals surface area contributed by atoms with Gasteiger partial charge < -0.3 is 20.2 Å². The molecule has 2 N–H and O–H groups in total. The lowest BCUT2D eigenvalue weighted by atomic mass is 9.97. The fourth-order valence-corrected chi connectivity index (χ4v) is 2.57. The van der Waals surface area contributed by atoms with E-state index in [1.807, 2.05) is 27.1 Å². The normalized spacial score (nSPS) is 16.1. The van der Waals surface area contributed by atoms with Gasteiger partial charge in [-0.1, -0.05) is 0 Å². The van der Waals surface area contributed by atoms with Crippen molar-refractivity contribution in [1.82, 2.24) is 14.9 Å². The van der Waals surface area contributed by atoms with E-state index >= 15 is 0 Å². The highest BCUT2D eigenvalue weighted by molar-refractivity contribution is 5.70. The number of rotatable bonds is 6. The van der Waals surface area contributed by atoms with E-state index in [9.17, 15) is 4.79 Å². The maximum Gasteiger partial charge on any atom is 0.306 e. The zero-order valence-corrected chi connectivity index (χ0v) is 13.5. The summed E-state index contributed by atoms with van der Waals surface area (Å²) in [6.07, 6.45) is 1.34. The van der Waals surface area contributed by atoms with Crippen LogP contribution in [0.5, 0.6) is 0 Å². The third-order valence-corrected chi connectivity index (χ3v) is 3.86. The summed E-state index contributed by atoms with van der Waals surface area (Å²) >= 11 is 0. The van der Waals surface area contributed by atoms with Crippen LogP contribution in [0.2, 0.25) is 0 Å². The number of piperidine rings is 1. The molecule has 1 aromatic rings. The highest BCUT2D eigenvalue weighted by Gasteiger charge is 2.25. The van der Waals surface area contributed by atoms with E-state index in [0.29, 0.717) is 12.8 Å². The van der Waals surface area contributed by atoms with Gasteiger partial charge in [-0.2, -0.15) is 0 Å². The standard InChI is InChI=1S/C15H25N5O2/c1-11-17-13(16-6-9-19(2)3)10-14(18-11)20-7-4-12(5-8-20)15(21)22/h10,12H,4-9H2,1-3H3,(H,21,22)(H,16,17,18). The number of nitrogens with one attached hydrogen (secondary N) is 1. The van der Waals surface area contributed by atoms with Crippen LogP contribution in [-0.2, 0) is 4.79 Å². The highest BCUT2D eigenvalue weighted by Crippen LogP contribution is 2.23. The number of hydrogen-bond donors (Lipinski definition) is 2. The SMILES string of the molecule is Cc1nc(NCCN(C)C)cc(N2CCC(C(=O)O)CC2)n1. The van der Waals surface area contributed by atoms with Gasteiger partial charge in [-0.25, -0.2) is 9.97 Å². The second kappa shape index (κ2) is 7.40. The van der Waals surface area contributed by atoms with Crippen LogP contribution in [0.25, 0.3) is 0 Å². The summed E-state index contributed by atoms with van der Waals surface area (Å²) in [5, 5.41) is 12.4. The van der Waals surface area contributed by atoms with E-state index in [2.05, 4.69) is 25.1 Å². The molecule has 0 spiro atoms. The van der Waals surface area contributed by atoms with Gasteiger partial charge in [0.05, 0.1) is 5.92 Å². The number of likely N-dealkylation sites (N-methyl/N-ethyl adjacent to an activating group) is 1. The van der Waals surface area contributed by atoms with Crippen molar-refractivity contribution >= 4 is 17.6 Å². The average Bonchev–Trinajstić information content (AvgIpc) is 2.46. The van der Waals surface area contributed by atoms with E-state index < -0.39 is 5.97 Å². The Morgan fingerprint density at radius 1 is 1.41 bits per heavy atom. The first kappa shape index (κ1) is 16.5. The van der Waals surface area contributed by atoms with E-state index in [-0.39, 0.29) is 5.92 Å². The molecule has 0 aliphatic carbocycles. The molecule has 1 aliphatic heterocycles. The van der Waals surface area contributed by atoms with Crippen molar-refractivity contribution in [1.29, 1.82) is 0 Å². The van der Waals surface area contributed by atoms with E-state index in [4.69, 9.17) is 5.11 Å². The molecule has 0 aromatic carbocycles. The van der Waals surface area contributed by atoms with Gasteiger partial charge in [-0.3, -0.25) is 4.79 Å². The van der Waals surface area contributed by atoms with Crippen molar-refractivity contribution in [2.45, 2.75) is 19.8 Å². The first-order valence-electron chi connectivity index (χ1n) is 7.67. The molecule has 7 heteroatoms. The zero-order valence-electron chi connectivity index (χ0n) is 13.5. The van der Waals surface area contributed by atoms with Crippen molar-refractivity contribution in [3.05, 3.63) is 11.9 Å². The van der Waals surface area contributed by atoms with Crippen molar-refractivity contribution in [3.8, 4) is 0 Å². The Hall–Kier alpha value is -1.89. The fourth-order valence-electron chi connectivity index (χ4n) is 2.57. The van der Waals surface area contributed by atoms with Gasteiger partial charge in [-0.15, -0.1) is 0 Å². The highest BCUT2D eigenvalue weighted by atomic mass is 16.4. The number of carboxylic acid groups (broad SMARTS) is 1. The molecule has 7 nitrogen and oxygen atoms in total. The molecule has 1 aliphatic rings. The number of aromatic nitrogens is 2. The van der Waals surface area contributed by atoms with Crippen LogP contribution >= 0.6 is 0 Å².